The topological polar surface area (TPSA) is 20.2 Å². The minimum absolute atomic E-state index is 0.384. The van der Waals surface area contributed by atoms with Gasteiger partial charge in [-0.05, 0) is 36.8 Å². The van der Waals surface area contributed by atoms with Gasteiger partial charge in [0.1, 0.15) is 0 Å². The van der Waals surface area contributed by atoms with Crippen molar-refractivity contribution in [1.29, 1.82) is 0 Å². The van der Waals surface area contributed by atoms with E-state index in [4.69, 9.17) is 23.2 Å². The van der Waals surface area contributed by atoms with Gasteiger partial charge in [0.2, 0.25) is 0 Å². The summed E-state index contributed by atoms with van der Waals surface area (Å²) in [6, 6.07) is 5.42. The monoisotopic (exact) mass is 242 g/mol. The second-order valence-electron chi connectivity index (χ2n) is 4.57. The van der Waals surface area contributed by atoms with Gasteiger partial charge in [0, 0.05) is 15.6 Å². The molecule has 2 fully saturated rings. The van der Waals surface area contributed by atoms with Crippen LogP contribution in [0.1, 0.15) is 24.8 Å². The largest absolute Gasteiger partial charge is 0.384 e. The summed E-state index contributed by atoms with van der Waals surface area (Å²) in [6.45, 7) is 0. The lowest BCUT2D eigenvalue weighted by Crippen LogP contribution is -2.14. The van der Waals surface area contributed by atoms with E-state index in [0.29, 0.717) is 21.9 Å². The molecular formula is C12H12Cl2O. The third-order valence-corrected chi connectivity index (χ3v) is 4.53. The number of fused-ring (bicyclic) bond motifs is 1. The van der Waals surface area contributed by atoms with Crippen molar-refractivity contribution in [3.63, 3.8) is 0 Å². The van der Waals surface area contributed by atoms with Crippen LogP contribution in [-0.4, -0.2) is 5.11 Å². The van der Waals surface area contributed by atoms with E-state index in [1.807, 2.05) is 6.07 Å². The SMILES string of the molecule is OC1(c2c(Cl)cccc2Cl)C2CCCC21. The number of rotatable bonds is 1. The molecule has 2 aliphatic carbocycles. The van der Waals surface area contributed by atoms with Crippen LogP contribution in [0.2, 0.25) is 10.0 Å². The number of hydrogen-bond donors (Lipinski definition) is 1. The summed E-state index contributed by atoms with van der Waals surface area (Å²) < 4.78 is 0. The first-order valence-electron chi connectivity index (χ1n) is 5.32. The average Bonchev–Trinajstić information content (AvgIpc) is 2.63. The van der Waals surface area contributed by atoms with E-state index in [9.17, 15) is 5.11 Å². The zero-order chi connectivity index (χ0) is 10.6. The zero-order valence-electron chi connectivity index (χ0n) is 8.21. The average molecular weight is 243 g/mol. The normalized spacial score (nSPS) is 37.8. The third kappa shape index (κ3) is 1.20. The highest BCUT2D eigenvalue weighted by Crippen LogP contribution is 2.67. The summed E-state index contributed by atoms with van der Waals surface area (Å²) >= 11 is 12.2. The van der Waals surface area contributed by atoms with Crippen molar-refractivity contribution in [3.8, 4) is 0 Å². The Bertz CT molecular complexity index is 386. The standard InChI is InChI=1S/C12H12Cl2O/c13-9-5-2-6-10(14)11(9)12(15)7-3-1-4-8(7)12/h2,5-8,15H,1,3-4H2. The van der Waals surface area contributed by atoms with Gasteiger partial charge in [-0.2, -0.15) is 0 Å². The molecule has 0 saturated heterocycles. The van der Waals surface area contributed by atoms with Crippen LogP contribution in [-0.2, 0) is 5.60 Å². The molecule has 0 bridgehead atoms. The molecule has 15 heavy (non-hydrogen) atoms. The fraction of sp³-hybridized carbons (Fsp3) is 0.500. The first-order valence-corrected chi connectivity index (χ1v) is 6.08. The fourth-order valence-corrected chi connectivity index (χ4v) is 3.87. The third-order valence-electron chi connectivity index (χ3n) is 3.90. The molecule has 0 amide bonds. The van der Waals surface area contributed by atoms with Crippen molar-refractivity contribution in [3.05, 3.63) is 33.8 Å². The Morgan fingerprint density at radius 2 is 1.67 bits per heavy atom. The van der Waals surface area contributed by atoms with Crippen LogP contribution in [0.3, 0.4) is 0 Å². The van der Waals surface area contributed by atoms with Crippen molar-refractivity contribution in [2.24, 2.45) is 11.8 Å². The number of hydrogen-bond acceptors (Lipinski definition) is 1. The smallest absolute Gasteiger partial charge is 0.0988 e. The van der Waals surface area contributed by atoms with Crippen LogP contribution in [0.25, 0.3) is 0 Å². The predicted octanol–water partition coefficient (Wildman–Crippen LogP) is 3.61. The molecule has 0 spiro atoms. The summed E-state index contributed by atoms with van der Waals surface area (Å²) in [7, 11) is 0. The molecule has 2 unspecified atom stereocenters. The lowest BCUT2D eigenvalue weighted by molar-refractivity contribution is 0.106. The van der Waals surface area contributed by atoms with E-state index in [1.54, 1.807) is 12.1 Å². The Morgan fingerprint density at radius 3 is 2.20 bits per heavy atom. The second-order valence-corrected chi connectivity index (χ2v) is 5.38. The molecule has 2 aliphatic rings. The molecule has 1 nitrogen and oxygen atoms in total. The summed E-state index contributed by atoms with van der Waals surface area (Å²) in [4.78, 5) is 0. The van der Waals surface area contributed by atoms with Gasteiger partial charge < -0.3 is 5.11 Å². The van der Waals surface area contributed by atoms with Gasteiger partial charge in [-0.1, -0.05) is 35.7 Å². The molecule has 1 aromatic rings. The Balaban J connectivity index is 2.07. The second kappa shape index (κ2) is 3.13. The van der Waals surface area contributed by atoms with E-state index in [1.165, 1.54) is 6.42 Å². The summed E-state index contributed by atoms with van der Waals surface area (Å²) in [6.07, 6.45) is 3.42. The van der Waals surface area contributed by atoms with Crippen LogP contribution >= 0.6 is 23.2 Å². The highest BCUT2D eigenvalue weighted by atomic mass is 35.5. The van der Waals surface area contributed by atoms with Crippen molar-refractivity contribution < 1.29 is 5.11 Å². The van der Waals surface area contributed by atoms with E-state index in [0.717, 1.165) is 18.4 Å². The first-order chi connectivity index (χ1) is 7.15. The molecule has 0 aliphatic heterocycles. The summed E-state index contributed by atoms with van der Waals surface area (Å²) in [5.41, 5.74) is 0.0243. The molecule has 3 heteroatoms. The van der Waals surface area contributed by atoms with Crippen molar-refractivity contribution in [1.82, 2.24) is 0 Å². The summed E-state index contributed by atoms with van der Waals surface area (Å²) in [5.74, 6) is 0.768. The minimum atomic E-state index is -0.728. The lowest BCUT2D eigenvalue weighted by Gasteiger charge is -2.17. The Hall–Kier alpha value is -0.240. The maximum atomic E-state index is 10.6. The van der Waals surface area contributed by atoms with Crippen LogP contribution in [0.15, 0.2) is 18.2 Å². The summed E-state index contributed by atoms with van der Waals surface area (Å²) in [5, 5.41) is 11.8. The van der Waals surface area contributed by atoms with Gasteiger partial charge in [0.05, 0.1) is 5.60 Å². The quantitative estimate of drug-likeness (QED) is 0.798. The number of halogens is 2. The van der Waals surface area contributed by atoms with E-state index < -0.39 is 5.60 Å². The van der Waals surface area contributed by atoms with Gasteiger partial charge >= 0.3 is 0 Å². The maximum Gasteiger partial charge on any atom is 0.0988 e. The molecule has 2 atom stereocenters. The lowest BCUT2D eigenvalue weighted by atomic mass is 9.99. The van der Waals surface area contributed by atoms with Crippen molar-refractivity contribution in [2.75, 3.05) is 0 Å². The predicted molar refractivity (Wildman–Crippen MR) is 61.2 cm³/mol. The Kier molecular flexibility index (Phi) is 2.08. The van der Waals surface area contributed by atoms with Gasteiger partial charge in [-0.3, -0.25) is 0 Å². The molecule has 1 aromatic carbocycles. The van der Waals surface area contributed by atoms with E-state index >= 15 is 0 Å². The van der Waals surface area contributed by atoms with Gasteiger partial charge in [0.25, 0.3) is 0 Å². The van der Waals surface area contributed by atoms with Gasteiger partial charge in [-0.15, -0.1) is 0 Å². The van der Waals surface area contributed by atoms with Crippen LogP contribution < -0.4 is 0 Å². The van der Waals surface area contributed by atoms with Crippen LogP contribution in [0.5, 0.6) is 0 Å². The highest BCUT2D eigenvalue weighted by Gasteiger charge is 2.67. The van der Waals surface area contributed by atoms with Crippen molar-refractivity contribution in [2.45, 2.75) is 24.9 Å². The molecule has 1 N–H and O–H groups in total. The van der Waals surface area contributed by atoms with Gasteiger partial charge in [-0.25, -0.2) is 0 Å². The molecule has 2 saturated carbocycles. The fourth-order valence-electron chi connectivity index (χ4n) is 3.17. The Morgan fingerprint density at radius 1 is 1.13 bits per heavy atom. The molecule has 0 radical (unpaired) electrons. The molecule has 80 valence electrons. The molecular weight excluding hydrogens is 231 g/mol. The van der Waals surface area contributed by atoms with Crippen LogP contribution in [0, 0.1) is 11.8 Å². The molecule has 0 heterocycles. The number of aliphatic hydroxyl groups is 1. The number of benzene rings is 1. The molecule has 3 rings (SSSR count). The zero-order valence-corrected chi connectivity index (χ0v) is 9.72. The van der Waals surface area contributed by atoms with Crippen LogP contribution in [0.4, 0.5) is 0 Å². The highest BCUT2D eigenvalue weighted by molar-refractivity contribution is 6.36. The van der Waals surface area contributed by atoms with Gasteiger partial charge in [0.15, 0.2) is 0 Å². The Labute approximate surface area is 99.0 Å². The van der Waals surface area contributed by atoms with E-state index in [-0.39, 0.29) is 0 Å². The maximum absolute atomic E-state index is 10.6. The van der Waals surface area contributed by atoms with E-state index in [2.05, 4.69) is 0 Å². The minimum Gasteiger partial charge on any atom is -0.384 e. The molecule has 0 aromatic heterocycles. The first kappa shape index (κ1) is 9.95. The van der Waals surface area contributed by atoms with Crippen molar-refractivity contribution >= 4 is 23.2 Å².